The molecule has 1 N–H and O–H groups in total. The van der Waals surface area contributed by atoms with E-state index in [4.69, 9.17) is 0 Å². The first-order valence-electron chi connectivity index (χ1n) is 7.78. The standard InChI is InChI=1S/C16H29NO3/c1-6-9-17(13(5)18)16(15(19)20)10-12(4)7-8-14(16)11(2)3/h11-12,14H,6-10H2,1-5H3,(H,19,20). The molecular formula is C16H29NO3. The molecule has 1 fully saturated rings. The summed E-state index contributed by atoms with van der Waals surface area (Å²) in [5, 5.41) is 9.98. The number of carboxylic acids is 1. The summed E-state index contributed by atoms with van der Waals surface area (Å²) in [6.45, 7) is 10.3. The molecule has 0 saturated heterocycles. The average Bonchev–Trinajstić information content (AvgIpc) is 2.34. The molecule has 0 aromatic rings. The molecule has 3 atom stereocenters. The Hall–Kier alpha value is -1.06. The zero-order valence-corrected chi connectivity index (χ0v) is 13.5. The monoisotopic (exact) mass is 283 g/mol. The molecule has 20 heavy (non-hydrogen) atoms. The lowest BCUT2D eigenvalue weighted by atomic mass is 9.64. The third kappa shape index (κ3) is 2.99. The molecular weight excluding hydrogens is 254 g/mol. The van der Waals surface area contributed by atoms with Crippen molar-refractivity contribution in [1.29, 1.82) is 0 Å². The molecule has 116 valence electrons. The highest BCUT2D eigenvalue weighted by molar-refractivity contribution is 5.86. The van der Waals surface area contributed by atoms with E-state index in [2.05, 4.69) is 20.8 Å². The molecule has 1 amide bonds. The Morgan fingerprint density at radius 3 is 2.35 bits per heavy atom. The summed E-state index contributed by atoms with van der Waals surface area (Å²) in [6, 6.07) is 0. The van der Waals surface area contributed by atoms with Crippen LogP contribution in [0.25, 0.3) is 0 Å². The number of hydrogen-bond donors (Lipinski definition) is 1. The van der Waals surface area contributed by atoms with Crippen molar-refractivity contribution in [2.24, 2.45) is 17.8 Å². The van der Waals surface area contributed by atoms with E-state index in [9.17, 15) is 14.7 Å². The van der Waals surface area contributed by atoms with Crippen LogP contribution in [0.4, 0.5) is 0 Å². The number of hydrogen-bond acceptors (Lipinski definition) is 2. The Kier molecular flexibility index (Phi) is 5.60. The lowest BCUT2D eigenvalue weighted by molar-refractivity contribution is -0.170. The molecule has 0 bridgehead atoms. The fraction of sp³-hybridized carbons (Fsp3) is 0.875. The van der Waals surface area contributed by atoms with Gasteiger partial charge in [-0.05, 0) is 37.0 Å². The molecule has 0 spiro atoms. The first kappa shape index (κ1) is 17.0. The smallest absolute Gasteiger partial charge is 0.329 e. The van der Waals surface area contributed by atoms with Gasteiger partial charge in [0.05, 0.1) is 0 Å². The number of carbonyl (C=O) groups is 2. The van der Waals surface area contributed by atoms with Crippen LogP contribution in [0, 0.1) is 17.8 Å². The second-order valence-electron chi connectivity index (χ2n) is 6.64. The second-order valence-corrected chi connectivity index (χ2v) is 6.64. The number of carboxylic acid groups (broad SMARTS) is 1. The SMILES string of the molecule is CCCN(C(C)=O)C1(C(=O)O)CC(C)CCC1C(C)C. The van der Waals surface area contributed by atoms with Gasteiger partial charge in [0.1, 0.15) is 5.54 Å². The van der Waals surface area contributed by atoms with Gasteiger partial charge in [0.25, 0.3) is 0 Å². The summed E-state index contributed by atoms with van der Waals surface area (Å²) in [5.41, 5.74) is -1.02. The predicted molar refractivity (Wildman–Crippen MR) is 79.4 cm³/mol. The van der Waals surface area contributed by atoms with E-state index in [0.717, 1.165) is 19.3 Å². The largest absolute Gasteiger partial charge is 0.479 e. The fourth-order valence-corrected chi connectivity index (χ4v) is 3.91. The highest BCUT2D eigenvalue weighted by atomic mass is 16.4. The zero-order valence-electron chi connectivity index (χ0n) is 13.5. The summed E-state index contributed by atoms with van der Waals surface area (Å²) >= 11 is 0. The third-order valence-electron chi connectivity index (χ3n) is 4.73. The average molecular weight is 283 g/mol. The molecule has 3 unspecified atom stereocenters. The van der Waals surface area contributed by atoms with Crippen LogP contribution in [0.5, 0.6) is 0 Å². The van der Waals surface area contributed by atoms with Gasteiger partial charge in [-0.1, -0.05) is 34.1 Å². The van der Waals surface area contributed by atoms with E-state index < -0.39 is 11.5 Å². The van der Waals surface area contributed by atoms with Gasteiger partial charge < -0.3 is 10.0 Å². The minimum Gasteiger partial charge on any atom is -0.479 e. The minimum absolute atomic E-state index is 0.0339. The number of carbonyl (C=O) groups excluding carboxylic acids is 1. The van der Waals surface area contributed by atoms with E-state index in [0.29, 0.717) is 18.9 Å². The Morgan fingerprint density at radius 2 is 1.95 bits per heavy atom. The number of aliphatic carboxylic acids is 1. The van der Waals surface area contributed by atoms with Crippen LogP contribution < -0.4 is 0 Å². The van der Waals surface area contributed by atoms with Crippen molar-refractivity contribution < 1.29 is 14.7 Å². The van der Waals surface area contributed by atoms with E-state index in [1.54, 1.807) is 4.90 Å². The maximum Gasteiger partial charge on any atom is 0.329 e. The van der Waals surface area contributed by atoms with Crippen LogP contribution in [0.3, 0.4) is 0 Å². The Bertz CT molecular complexity index is 367. The van der Waals surface area contributed by atoms with Crippen molar-refractivity contribution in [3.63, 3.8) is 0 Å². The normalized spacial score (nSPS) is 30.3. The first-order chi connectivity index (χ1) is 9.27. The lowest BCUT2D eigenvalue weighted by Gasteiger charge is -2.51. The zero-order chi connectivity index (χ0) is 15.5. The molecule has 4 nitrogen and oxygen atoms in total. The molecule has 1 aliphatic rings. The van der Waals surface area contributed by atoms with Crippen molar-refractivity contribution >= 4 is 11.9 Å². The Balaban J connectivity index is 3.32. The van der Waals surface area contributed by atoms with Gasteiger partial charge in [0.15, 0.2) is 0 Å². The highest BCUT2D eigenvalue weighted by Gasteiger charge is 2.54. The van der Waals surface area contributed by atoms with Crippen molar-refractivity contribution in [1.82, 2.24) is 4.90 Å². The van der Waals surface area contributed by atoms with Crippen LogP contribution in [0.2, 0.25) is 0 Å². The van der Waals surface area contributed by atoms with Crippen molar-refractivity contribution in [3.05, 3.63) is 0 Å². The molecule has 0 heterocycles. The molecule has 0 aromatic carbocycles. The maximum atomic E-state index is 12.2. The molecule has 0 aliphatic heterocycles. The van der Waals surface area contributed by atoms with E-state index >= 15 is 0 Å². The Labute approximate surface area is 122 Å². The third-order valence-corrected chi connectivity index (χ3v) is 4.73. The summed E-state index contributed by atoms with van der Waals surface area (Å²) in [5.74, 6) is -0.302. The quantitative estimate of drug-likeness (QED) is 0.843. The van der Waals surface area contributed by atoms with Crippen molar-refractivity contribution in [3.8, 4) is 0 Å². The highest BCUT2D eigenvalue weighted by Crippen LogP contribution is 2.45. The summed E-state index contributed by atoms with van der Waals surface area (Å²) in [6.07, 6.45) is 3.30. The van der Waals surface area contributed by atoms with Crippen LogP contribution in [-0.2, 0) is 9.59 Å². The van der Waals surface area contributed by atoms with Gasteiger partial charge in [0, 0.05) is 13.5 Å². The van der Waals surface area contributed by atoms with Crippen molar-refractivity contribution in [2.75, 3.05) is 6.54 Å². The van der Waals surface area contributed by atoms with Crippen LogP contribution >= 0.6 is 0 Å². The van der Waals surface area contributed by atoms with Gasteiger partial charge in [-0.15, -0.1) is 0 Å². The van der Waals surface area contributed by atoms with Gasteiger partial charge in [-0.2, -0.15) is 0 Å². The summed E-state index contributed by atoms with van der Waals surface area (Å²) < 4.78 is 0. The van der Waals surface area contributed by atoms with E-state index in [1.165, 1.54) is 6.92 Å². The molecule has 0 aromatic heterocycles. The van der Waals surface area contributed by atoms with Crippen LogP contribution in [0.1, 0.15) is 60.3 Å². The minimum atomic E-state index is -1.02. The predicted octanol–water partition coefficient (Wildman–Crippen LogP) is 3.16. The summed E-state index contributed by atoms with van der Waals surface area (Å²) in [4.78, 5) is 25.9. The van der Waals surface area contributed by atoms with Crippen molar-refractivity contribution in [2.45, 2.75) is 65.8 Å². The molecule has 1 rings (SSSR count). The Morgan fingerprint density at radius 1 is 1.35 bits per heavy atom. The first-order valence-corrected chi connectivity index (χ1v) is 7.78. The fourth-order valence-electron chi connectivity index (χ4n) is 3.91. The molecule has 0 radical (unpaired) electrons. The van der Waals surface area contributed by atoms with Gasteiger partial charge in [-0.25, -0.2) is 4.79 Å². The van der Waals surface area contributed by atoms with Gasteiger partial charge >= 0.3 is 5.97 Å². The van der Waals surface area contributed by atoms with E-state index in [-0.39, 0.29) is 17.7 Å². The lowest BCUT2D eigenvalue weighted by Crippen LogP contribution is -2.64. The molecule has 1 aliphatic carbocycles. The number of rotatable bonds is 5. The topological polar surface area (TPSA) is 57.6 Å². The van der Waals surface area contributed by atoms with Gasteiger partial charge in [-0.3, -0.25) is 4.79 Å². The maximum absolute atomic E-state index is 12.2. The summed E-state index contributed by atoms with van der Waals surface area (Å²) in [7, 11) is 0. The van der Waals surface area contributed by atoms with E-state index in [1.807, 2.05) is 6.92 Å². The number of amides is 1. The van der Waals surface area contributed by atoms with Crippen LogP contribution in [-0.4, -0.2) is 34.0 Å². The van der Waals surface area contributed by atoms with Gasteiger partial charge in [0.2, 0.25) is 5.91 Å². The second kappa shape index (κ2) is 6.59. The molecule has 4 heteroatoms. The van der Waals surface area contributed by atoms with Crippen LogP contribution in [0.15, 0.2) is 0 Å². The molecule has 1 saturated carbocycles. The number of nitrogens with zero attached hydrogens (tertiary/aromatic N) is 1.